The fraction of sp³-hybridized carbons (Fsp3) is 0.385. The number of carbonyl (C=O) groups excluding carboxylic acids is 2. The maximum atomic E-state index is 13.0. The van der Waals surface area contributed by atoms with Gasteiger partial charge in [0, 0.05) is 18.7 Å². The summed E-state index contributed by atoms with van der Waals surface area (Å²) in [6.07, 6.45) is 0.925. The van der Waals surface area contributed by atoms with E-state index in [9.17, 15) is 14.7 Å². The molecular formula is C26H32N2O4. The summed E-state index contributed by atoms with van der Waals surface area (Å²) < 4.78 is 5.66. The van der Waals surface area contributed by atoms with Crippen LogP contribution in [0.2, 0.25) is 0 Å². The van der Waals surface area contributed by atoms with Gasteiger partial charge in [-0.15, -0.1) is 0 Å². The van der Waals surface area contributed by atoms with Gasteiger partial charge in [-0.3, -0.25) is 9.59 Å². The molecule has 1 aliphatic heterocycles. The van der Waals surface area contributed by atoms with Gasteiger partial charge < -0.3 is 19.6 Å². The highest BCUT2D eigenvalue weighted by Crippen LogP contribution is 2.39. The number of rotatable bonds is 8. The maximum Gasteiger partial charge on any atom is 0.295 e. The van der Waals surface area contributed by atoms with Gasteiger partial charge in [-0.1, -0.05) is 31.2 Å². The van der Waals surface area contributed by atoms with E-state index < -0.39 is 17.7 Å². The Morgan fingerprint density at radius 2 is 1.69 bits per heavy atom. The van der Waals surface area contributed by atoms with E-state index in [1.807, 2.05) is 57.1 Å². The molecule has 0 aromatic heterocycles. The van der Waals surface area contributed by atoms with E-state index in [4.69, 9.17) is 4.74 Å². The van der Waals surface area contributed by atoms with Gasteiger partial charge in [-0.05, 0) is 69.8 Å². The molecule has 6 heteroatoms. The van der Waals surface area contributed by atoms with Crippen LogP contribution in [0.5, 0.6) is 5.75 Å². The number of aliphatic hydroxyl groups excluding tert-OH is 1. The molecule has 0 saturated carbocycles. The fourth-order valence-corrected chi connectivity index (χ4v) is 3.82. The van der Waals surface area contributed by atoms with E-state index in [-0.39, 0.29) is 17.4 Å². The third kappa shape index (κ3) is 5.02. The van der Waals surface area contributed by atoms with Crippen LogP contribution in [0.25, 0.3) is 5.76 Å². The minimum absolute atomic E-state index is 0.0301. The lowest BCUT2D eigenvalue weighted by atomic mass is 9.94. The lowest BCUT2D eigenvalue weighted by Crippen LogP contribution is -2.35. The third-order valence-electron chi connectivity index (χ3n) is 5.53. The van der Waals surface area contributed by atoms with E-state index in [1.165, 1.54) is 5.56 Å². The first-order valence-electron chi connectivity index (χ1n) is 11.0. The number of likely N-dealkylation sites (N-methyl/N-ethyl adjacent to an activating group) is 1. The molecular weight excluding hydrogens is 404 g/mol. The minimum atomic E-state index is -0.659. The van der Waals surface area contributed by atoms with Crippen molar-refractivity contribution < 1.29 is 19.4 Å². The summed E-state index contributed by atoms with van der Waals surface area (Å²) >= 11 is 0. The van der Waals surface area contributed by atoms with Gasteiger partial charge in [0.2, 0.25) is 0 Å². The van der Waals surface area contributed by atoms with Crippen molar-refractivity contribution in [3.63, 3.8) is 0 Å². The molecule has 1 aliphatic rings. The summed E-state index contributed by atoms with van der Waals surface area (Å²) in [4.78, 5) is 29.5. The van der Waals surface area contributed by atoms with Crippen LogP contribution in [-0.4, -0.2) is 59.9 Å². The molecule has 0 spiro atoms. The molecule has 1 atom stereocenters. The normalized spacial score (nSPS) is 18.1. The van der Waals surface area contributed by atoms with Gasteiger partial charge in [0.25, 0.3) is 11.7 Å². The number of ether oxygens (including phenoxy) is 1. The number of hydrogen-bond donors (Lipinski definition) is 1. The molecule has 170 valence electrons. The van der Waals surface area contributed by atoms with Crippen LogP contribution in [0.4, 0.5) is 0 Å². The quantitative estimate of drug-likeness (QED) is 0.385. The Labute approximate surface area is 190 Å². The second-order valence-electron chi connectivity index (χ2n) is 8.58. The molecule has 32 heavy (non-hydrogen) atoms. The molecule has 1 N–H and O–H groups in total. The molecule has 1 heterocycles. The molecule has 1 unspecified atom stereocenters. The number of aliphatic hydroxyl groups is 1. The number of amides is 1. The van der Waals surface area contributed by atoms with Gasteiger partial charge >= 0.3 is 0 Å². The highest BCUT2D eigenvalue weighted by atomic mass is 16.5. The Kier molecular flexibility index (Phi) is 7.36. The van der Waals surface area contributed by atoms with E-state index in [1.54, 1.807) is 29.2 Å². The van der Waals surface area contributed by atoms with Gasteiger partial charge in [0.1, 0.15) is 11.5 Å². The lowest BCUT2D eigenvalue weighted by Gasteiger charge is -2.26. The largest absolute Gasteiger partial charge is 0.507 e. The predicted molar refractivity (Wildman–Crippen MR) is 126 cm³/mol. The number of aryl methyl sites for hydroxylation is 1. The monoisotopic (exact) mass is 436 g/mol. The molecule has 0 aliphatic carbocycles. The Hall–Kier alpha value is -3.12. The first kappa shape index (κ1) is 23.5. The molecule has 6 nitrogen and oxygen atoms in total. The topological polar surface area (TPSA) is 70.1 Å². The first-order chi connectivity index (χ1) is 15.2. The molecule has 1 amide bonds. The number of hydrogen-bond acceptors (Lipinski definition) is 5. The standard InChI is InChI=1S/C26H32N2O4/c1-6-18-7-9-19(10-8-18)23-22(25(30)26(31)28(23)16-15-27(4)5)24(29)20-11-13-21(14-12-20)32-17(2)3/h7-14,17,23,29H,6,15-16H2,1-5H3. The van der Waals surface area contributed by atoms with Crippen LogP contribution in [0, 0.1) is 0 Å². The van der Waals surface area contributed by atoms with Gasteiger partial charge in [-0.25, -0.2) is 0 Å². The zero-order valence-corrected chi connectivity index (χ0v) is 19.5. The highest BCUT2D eigenvalue weighted by Gasteiger charge is 2.45. The molecule has 1 saturated heterocycles. The van der Waals surface area contributed by atoms with Gasteiger partial charge in [-0.2, -0.15) is 0 Å². The van der Waals surface area contributed by atoms with E-state index in [2.05, 4.69) is 6.92 Å². The van der Waals surface area contributed by atoms with Crippen molar-refractivity contribution in [2.45, 2.75) is 39.3 Å². The zero-order chi connectivity index (χ0) is 23.4. The van der Waals surface area contributed by atoms with Crippen LogP contribution in [0.1, 0.15) is 43.5 Å². The molecule has 0 radical (unpaired) electrons. The van der Waals surface area contributed by atoms with Gasteiger partial charge in [0.15, 0.2) is 0 Å². The number of ketones is 1. The first-order valence-corrected chi connectivity index (χ1v) is 11.0. The Balaban J connectivity index is 2.06. The smallest absolute Gasteiger partial charge is 0.295 e. The number of likely N-dealkylation sites (tertiary alicyclic amines) is 1. The number of Topliss-reactive ketones (excluding diaryl/α,β-unsaturated/α-hetero) is 1. The average molecular weight is 437 g/mol. The summed E-state index contributed by atoms with van der Waals surface area (Å²) in [5.41, 5.74) is 2.57. The SMILES string of the molecule is CCc1ccc(C2C(=C(O)c3ccc(OC(C)C)cc3)C(=O)C(=O)N2CCN(C)C)cc1. The van der Waals surface area contributed by atoms with Crippen molar-refractivity contribution in [2.24, 2.45) is 0 Å². The minimum Gasteiger partial charge on any atom is -0.507 e. The van der Waals surface area contributed by atoms with E-state index in [0.717, 1.165) is 12.0 Å². The Morgan fingerprint density at radius 1 is 1.06 bits per heavy atom. The van der Waals surface area contributed by atoms with Crippen molar-refractivity contribution in [1.82, 2.24) is 9.80 Å². The zero-order valence-electron chi connectivity index (χ0n) is 19.5. The van der Waals surface area contributed by atoms with E-state index >= 15 is 0 Å². The highest BCUT2D eigenvalue weighted by molar-refractivity contribution is 6.46. The molecule has 3 rings (SSSR count). The summed E-state index contributed by atoms with van der Waals surface area (Å²) in [5, 5.41) is 11.1. The summed E-state index contributed by atoms with van der Waals surface area (Å²) in [6, 6.07) is 14.2. The van der Waals surface area contributed by atoms with Crippen LogP contribution in [-0.2, 0) is 16.0 Å². The van der Waals surface area contributed by atoms with E-state index in [0.29, 0.717) is 24.4 Å². The Morgan fingerprint density at radius 3 is 2.22 bits per heavy atom. The molecule has 0 bridgehead atoms. The van der Waals surface area contributed by atoms with Crippen LogP contribution < -0.4 is 4.74 Å². The number of carbonyl (C=O) groups is 2. The third-order valence-corrected chi connectivity index (χ3v) is 5.53. The van der Waals surface area contributed by atoms with Crippen molar-refractivity contribution >= 4 is 17.4 Å². The van der Waals surface area contributed by atoms with Crippen molar-refractivity contribution in [3.05, 3.63) is 70.8 Å². The van der Waals surface area contributed by atoms with Crippen molar-refractivity contribution in [1.29, 1.82) is 0 Å². The summed E-state index contributed by atoms with van der Waals surface area (Å²) in [7, 11) is 3.84. The van der Waals surface area contributed by atoms with Crippen LogP contribution in [0.3, 0.4) is 0 Å². The van der Waals surface area contributed by atoms with Crippen LogP contribution in [0.15, 0.2) is 54.1 Å². The average Bonchev–Trinajstić information content (AvgIpc) is 3.02. The van der Waals surface area contributed by atoms with Crippen molar-refractivity contribution in [2.75, 3.05) is 27.2 Å². The molecule has 1 fully saturated rings. The fourth-order valence-electron chi connectivity index (χ4n) is 3.82. The second-order valence-corrected chi connectivity index (χ2v) is 8.58. The van der Waals surface area contributed by atoms with Crippen LogP contribution >= 0.6 is 0 Å². The lowest BCUT2D eigenvalue weighted by molar-refractivity contribution is -0.140. The predicted octanol–water partition coefficient (Wildman–Crippen LogP) is 4.02. The maximum absolute atomic E-state index is 13.0. The summed E-state index contributed by atoms with van der Waals surface area (Å²) in [6.45, 7) is 6.94. The van der Waals surface area contributed by atoms with Gasteiger partial charge in [0.05, 0.1) is 17.7 Å². The summed E-state index contributed by atoms with van der Waals surface area (Å²) in [5.74, 6) is -0.739. The second kappa shape index (κ2) is 10.0. The number of nitrogens with zero attached hydrogens (tertiary/aromatic N) is 2. The molecule has 2 aromatic rings. The van der Waals surface area contributed by atoms with Crippen molar-refractivity contribution in [3.8, 4) is 5.75 Å². The molecule has 2 aromatic carbocycles. The number of benzene rings is 2. The Bertz CT molecular complexity index is 991.